The first kappa shape index (κ1) is 15.3. The highest BCUT2D eigenvalue weighted by Gasteiger charge is 2.38. The normalized spacial score (nSPS) is 17.8. The van der Waals surface area contributed by atoms with Gasteiger partial charge < -0.3 is 10.6 Å². The van der Waals surface area contributed by atoms with Crippen molar-refractivity contribution in [2.45, 2.75) is 24.5 Å². The molecule has 1 aliphatic heterocycles. The van der Waals surface area contributed by atoms with Gasteiger partial charge in [0.1, 0.15) is 0 Å². The van der Waals surface area contributed by atoms with E-state index in [0.29, 0.717) is 23.6 Å². The topological polar surface area (TPSA) is 59.2 Å². The summed E-state index contributed by atoms with van der Waals surface area (Å²) in [6.45, 7) is 3.23. The quantitative estimate of drug-likeness (QED) is 0.866. The zero-order valence-corrected chi connectivity index (χ0v) is 13.4. The number of hydrogen-bond acceptors (Lipinski definition) is 4. The molecule has 0 radical (unpaired) electrons. The van der Waals surface area contributed by atoms with E-state index in [4.69, 9.17) is 18.0 Å². The molecule has 1 saturated heterocycles. The van der Waals surface area contributed by atoms with Gasteiger partial charge in [0.2, 0.25) is 0 Å². The van der Waals surface area contributed by atoms with Crippen LogP contribution in [-0.4, -0.2) is 44.9 Å². The summed E-state index contributed by atoms with van der Waals surface area (Å²) in [6, 6.07) is 3.63. The fourth-order valence-corrected chi connectivity index (χ4v) is 3.75. The first-order valence-corrected chi connectivity index (χ1v) is 8.19. The highest BCUT2D eigenvalue weighted by Crippen LogP contribution is 2.35. The average Bonchev–Trinajstić information content (AvgIpc) is 2.47. The van der Waals surface area contributed by atoms with Gasteiger partial charge in [-0.05, 0) is 38.2 Å². The van der Waals surface area contributed by atoms with Gasteiger partial charge in [0.15, 0.2) is 0 Å². The van der Waals surface area contributed by atoms with Gasteiger partial charge >= 0.3 is 0 Å². The first-order chi connectivity index (χ1) is 9.50. The van der Waals surface area contributed by atoms with Crippen LogP contribution in [0.15, 0.2) is 18.3 Å². The van der Waals surface area contributed by atoms with Crippen LogP contribution in [0.3, 0.4) is 0 Å². The van der Waals surface area contributed by atoms with Gasteiger partial charge in [-0.2, -0.15) is 11.8 Å². The summed E-state index contributed by atoms with van der Waals surface area (Å²) in [4.78, 5) is 19.1. The molecule has 6 heteroatoms. The van der Waals surface area contributed by atoms with Crippen molar-refractivity contribution < 1.29 is 4.79 Å². The van der Waals surface area contributed by atoms with Gasteiger partial charge in [0.25, 0.3) is 5.91 Å². The van der Waals surface area contributed by atoms with Crippen LogP contribution in [0.1, 0.15) is 28.9 Å². The molecule has 0 saturated carbocycles. The van der Waals surface area contributed by atoms with Crippen molar-refractivity contribution in [1.29, 1.82) is 0 Å². The van der Waals surface area contributed by atoms with Crippen molar-refractivity contribution in [3.63, 3.8) is 0 Å². The minimum Gasteiger partial charge on any atom is -0.392 e. The Labute approximate surface area is 129 Å². The Morgan fingerprint density at radius 2 is 2.15 bits per heavy atom. The van der Waals surface area contributed by atoms with E-state index in [9.17, 15) is 4.79 Å². The number of amides is 1. The van der Waals surface area contributed by atoms with Crippen LogP contribution in [0.5, 0.6) is 0 Å². The molecule has 1 amide bonds. The number of aromatic nitrogens is 1. The molecule has 1 fully saturated rings. The lowest BCUT2D eigenvalue weighted by Gasteiger charge is -2.40. The maximum Gasteiger partial charge on any atom is 0.255 e. The SMILES string of the molecule is CSC1(C(N)=S)CCN(C(=O)c2cccnc2C)CC1. The van der Waals surface area contributed by atoms with E-state index >= 15 is 0 Å². The Balaban J connectivity index is 2.10. The maximum absolute atomic E-state index is 12.5. The molecular formula is C14H19N3OS2. The standard InChI is InChI=1S/C14H19N3OS2/c1-10-11(4-3-7-16-10)12(18)17-8-5-14(20-2,6-9-17)13(15)19/h3-4,7H,5-6,8-9H2,1-2H3,(H2,15,19). The summed E-state index contributed by atoms with van der Waals surface area (Å²) >= 11 is 6.89. The molecular weight excluding hydrogens is 290 g/mol. The minimum atomic E-state index is -0.157. The molecule has 2 N–H and O–H groups in total. The van der Waals surface area contributed by atoms with Crippen molar-refractivity contribution in [2.24, 2.45) is 5.73 Å². The predicted molar refractivity (Wildman–Crippen MR) is 87.1 cm³/mol. The highest BCUT2D eigenvalue weighted by atomic mass is 32.2. The van der Waals surface area contributed by atoms with Gasteiger partial charge in [-0.3, -0.25) is 9.78 Å². The van der Waals surface area contributed by atoms with Crippen LogP contribution >= 0.6 is 24.0 Å². The number of thioether (sulfide) groups is 1. The highest BCUT2D eigenvalue weighted by molar-refractivity contribution is 8.02. The number of aryl methyl sites for hydroxylation is 1. The van der Waals surface area contributed by atoms with E-state index in [-0.39, 0.29) is 10.7 Å². The number of nitrogens with two attached hydrogens (primary N) is 1. The molecule has 0 aliphatic carbocycles. The number of thiocarbonyl (C=S) groups is 1. The summed E-state index contributed by atoms with van der Waals surface area (Å²) in [6.07, 6.45) is 5.36. The Hall–Kier alpha value is -1.14. The molecule has 2 heterocycles. The van der Waals surface area contributed by atoms with Crippen molar-refractivity contribution in [2.75, 3.05) is 19.3 Å². The molecule has 20 heavy (non-hydrogen) atoms. The third-order valence-electron chi connectivity index (χ3n) is 3.94. The van der Waals surface area contributed by atoms with Crippen molar-refractivity contribution in [3.8, 4) is 0 Å². The van der Waals surface area contributed by atoms with Gasteiger partial charge in [0, 0.05) is 25.0 Å². The van der Waals surface area contributed by atoms with Crippen LogP contribution in [0.2, 0.25) is 0 Å². The summed E-state index contributed by atoms with van der Waals surface area (Å²) in [7, 11) is 0. The molecule has 1 aromatic heterocycles. The smallest absolute Gasteiger partial charge is 0.255 e. The number of nitrogens with zero attached hydrogens (tertiary/aromatic N) is 2. The molecule has 2 rings (SSSR count). The van der Waals surface area contributed by atoms with E-state index in [1.54, 1.807) is 24.0 Å². The fraction of sp³-hybridized carbons (Fsp3) is 0.500. The summed E-state index contributed by atoms with van der Waals surface area (Å²) in [5.74, 6) is 0.0493. The number of likely N-dealkylation sites (tertiary alicyclic amines) is 1. The van der Waals surface area contributed by atoms with Crippen molar-refractivity contribution in [1.82, 2.24) is 9.88 Å². The Morgan fingerprint density at radius 1 is 1.50 bits per heavy atom. The van der Waals surface area contributed by atoms with Crippen LogP contribution < -0.4 is 5.73 Å². The van der Waals surface area contributed by atoms with Crippen LogP contribution in [-0.2, 0) is 0 Å². The molecule has 4 nitrogen and oxygen atoms in total. The largest absolute Gasteiger partial charge is 0.392 e. The van der Waals surface area contributed by atoms with E-state index in [0.717, 1.165) is 18.5 Å². The molecule has 0 spiro atoms. The van der Waals surface area contributed by atoms with Gasteiger partial charge in [-0.15, -0.1) is 0 Å². The summed E-state index contributed by atoms with van der Waals surface area (Å²) < 4.78 is -0.157. The van der Waals surface area contributed by atoms with Gasteiger partial charge in [-0.25, -0.2) is 0 Å². The van der Waals surface area contributed by atoms with Crippen molar-refractivity contribution >= 4 is 34.9 Å². The molecule has 0 aromatic carbocycles. The van der Waals surface area contributed by atoms with Crippen LogP contribution in [0.25, 0.3) is 0 Å². The van der Waals surface area contributed by atoms with Gasteiger partial charge in [-0.1, -0.05) is 12.2 Å². The zero-order valence-electron chi connectivity index (χ0n) is 11.8. The Morgan fingerprint density at radius 3 is 2.65 bits per heavy atom. The molecule has 0 bridgehead atoms. The fourth-order valence-electron chi connectivity index (χ4n) is 2.50. The average molecular weight is 309 g/mol. The second kappa shape index (κ2) is 6.10. The Kier molecular flexibility index (Phi) is 4.65. The second-order valence-corrected chi connectivity index (χ2v) is 6.62. The molecule has 0 unspecified atom stereocenters. The number of carbonyl (C=O) groups excluding carboxylic acids is 1. The summed E-state index contributed by atoms with van der Waals surface area (Å²) in [5.41, 5.74) is 7.32. The first-order valence-electron chi connectivity index (χ1n) is 6.56. The predicted octanol–water partition coefficient (Wildman–Crippen LogP) is 2.01. The molecule has 0 atom stereocenters. The van der Waals surface area contributed by atoms with E-state index < -0.39 is 0 Å². The van der Waals surface area contributed by atoms with E-state index in [1.807, 2.05) is 24.1 Å². The molecule has 1 aliphatic rings. The van der Waals surface area contributed by atoms with Gasteiger partial charge in [0.05, 0.1) is 15.3 Å². The number of hydrogen-bond donors (Lipinski definition) is 1. The lowest BCUT2D eigenvalue weighted by Crippen LogP contribution is -2.50. The summed E-state index contributed by atoms with van der Waals surface area (Å²) in [5, 5.41) is 0. The minimum absolute atomic E-state index is 0.0493. The van der Waals surface area contributed by atoms with E-state index in [2.05, 4.69) is 4.98 Å². The number of rotatable bonds is 3. The zero-order chi connectivity index (χ0) is 14.8. The van der Waals surface area contributed by atoms with E-state index in [1.165, 1.54) is 0 Å². The van der Waals surface area contributed by atoms with Crippen LogP contribution in [0.4, 0.5) is 0 Å². The monoisotopic (exact) mass is 309 g/mol. The second-order valence-electron chi connectivity index (χ2n) is 4.99. The van der Waals surface area contributed by atoms with Crippen molar-refractivity contribution in [3.05, 3.63) is 29.6 Å². The number of carbonyl (C=O) groups is 1. The Bertz CT molecular complexity index is 525. The lowest BCUT2D eigenvalue weighted by molar-refractivity contribution is 0.0717. The third-order valence-corrected chi connectivity index (χ3v) is 5.87. The van der Waals surface area contributed by atoms with Crippen LogP contribution in [0, 0.1) is 6.92 Å². The lowest BCUT2D eigenvalue weighted by atomic mass is 9.95. The third kappa shape index (κ3) is 2.81. The molecule has 108 valence electrons. The molecule has 1 aromatic rings. The maximum atomic E-state index is 12.5. The number of piperidine rings is 1. The number of pyridine rings is 1.